The van der Waals surface area contributed by atoms with E-state index in [1.165, 1.54) is 18.4 Å². The van der Waals surface area contributed by atoms with Crippen LogP contribution in [-0.2, 0) is 14.3 Å². The van der Waals surface area contributed by atoms with Crippen molar-refractivity contribution >= 4 is 11.9 Å². The molecule has 0 heterocycles. The summed E-state index contributed by atoms with van der Waals surface area (Å²) in [5, 5.41) is 10.6. The fraction of sp³-hybridized carbons (Fsp3) is 0.889. The number of carbonyl (C=O) groups is 2. The molecule has 4 heteroatoms. The molecule has 8 atom stereocenters. The van der Waals surface area contributed by atoms with E-state index in [0.717, 1.165) is 70.6 Å². The van der Waals surface area contributed by atoms with Crippen molar-refractivity contribution in [2.24, 2.45) is 50.2 Å². The molecule has 4 saturated carbocycles. The van der Waals surface area contributed by atoms with Gasteiger partial charge in [-0.1, -0.05) is 79.9 Å². The molecule has 226 valence electrons. The number of ether oxygens (including phenoxy) is 1. The van der Waals surface area contributed by atoms with E-state index in [-0.39, 0.29) is 45.1 Å². The van der Waals surface area contributed by atoms with Crippen LogP contribution in [0.3, 0.4) is 0 Å². The highest BCUT2D eigenvalue weighted by atomic mass is 16.5. The fourth-order valence-corrected chi connectivity index (χ4v) is 11.6. The Morgan fingerprint density at radius 1 is 0.900 bits per heavy atom. The van der Waals surface area contributed by atoms with Crippen molar-refractivity contribution in [1.29, 1.82) is 0 Å². The van der Waals surface area contributed by atoms with Gasteiger partial charge in [0.15, 0.2) is 0 Å². The second kappa shape index (κ2) is 9.87. The van der Waals surface area contributed by atoms with Crippen LogP contribution in [0.25, 0.3) is 0 Å². The minimum Gasteiger partial charge on any atom is -0.481 e. The standard InChI is InChI=1S/C36H58O4/c1-9-10-11-12-29(37)40-28-16-17-33(6)26(32(28,4)5)15-18-35(8)27(33)14-13-24-25-23-31(2,3)19-21-36(25,30(38)39)22-20-34(24,35)7/h13,25-28H,9-12,14-23H2,1-8H3,(H,38,39)/t25-,26-,27+,28?,33-,34+,35+,36-/m0/s1. The van der Waals surface area contributed by atoms with E-state index < -0.39 is 11.4 Å². The van der Waals surface area contributed by atoms with Crippen LogP contribution >= 0.6 is 0 Å². The first-order chi connectivity index (χ1) is 18.6. The monoisotopic (exact) mass is 554 g/mol. The van der Waals surface area contributed by atoms with Gasteiger partial charge in [0.05, 0.1) is 5.41 Å². The summed E-state index contributed by atoms with van der Waals surface area (Å²) < 4.78 is 6.22. The highest BCUT2D eigenvalue weighted by Crippen LogP contribution is 2.75. The quantitative estimate of drug-likeness (QED) is 0.202. The van der Waals surface area contributed by atoms with Crippen LogP contribution in [0.4, 0.5) is 0 Å². The predicted molar refractivity (Wildman–Crippen MR) is 161 cm³/mol. The number of fused-ring (bicyclic) bond motifs is 7. The van der Waals surface area contributed by atoms with Gasteiger partial charge < -0.3 is 9.84 Å². The van der Waals surface area contributed by atoms with Crippen LogP contribution in [0.15, 0.2) is 11.6 Å². The molecular formula is C36H58O4. The molecule has 0 aromatic carbocycles. The summed E-state index contributed by atoms with van der Waals surface area (Å²) in [6.45, 7) is 19.3. The van der Waals surface area contributed by atoms with Crippen molar-refractivity contribution in [3.8, 4) is 0 Å². The van der Waals surface area contributed by atoms with Crippen LogP contribution in [0.2, 0.25) is 0 Å². The first-order valence-electron chi connectivity index (χ1n) is 16.7. The molecule has 5 rings (SSSR count). The summed E-state index contributed by atoms with van der Waals surface area (Å²) in [6, 6.07) is 0. The summed E-state index contributed by atoms with van der Waals surface area (Å²) in [6.07, 6.45) is 16.4. The highest BCUT2D eigenvalue weighted by Gasteiger charge is 2.69. The molecule has 0 saturated heterocycles. The Morgan fingerprint density at radius 3 is 2.27 bits per heavy atom. The second-order valence-corrected chi connectivity index (χ2v) is 17.0. The third-order valence-electron chi connectivity index (χ3n) is 14.3. The molecule has 0 aromatic rings. The molecule has 4 fully saturated rings. The SMILES string of the molecule is CCCCCC(=O)OC1CC[C@]2(C)[C@H]3CC=C4[C@@H]5CC(C)(C)CC[C@]5(C(=O)O)CC[C@@]4(C)[C@]3(C)CC[C@H]2C1(C)C. The van der Waals surface area contributed by atoms with E-state index in [4.69, 9.17) is 4.74 Å². The normalized spacial score (nSPS) is 45.1. The average molecular weight is 555 g/mol. The van der Waals surface area contributed by atoms with Gasteiger partial charge in [0.2, 0.25) is 0 Å². The minimum atomic E-state index is -0.577. The van der Waals surface area contributed by atoms with Crippen LogP contribution in [0.1, 0.15) is 145 Å². The van der Waals surface area contributed by atoms with Gasteiger partial charge in [-0.3, -0.25) is 9.59 Å². The summed E-state index contributed by atoms with van der Waals surface area (Å²) >= 11 is 0. The lowest BCUT2D eigenvalue weighted by Gasteiger charge is -2.71. The molecule has 0 bridgehead atoms. The van der Waals surface area contributed by atoms with Crippen molar-refractivity contribution < 1.29 is 19.4 Å². The van der Waals surface area contributed by atoms with Crippen molar-refractivity contribution in [2.45, 2.75) is 151 Å². The Labute approximate surface area is 244 Å². The van der Waals surface area contributed by atoms with Crippen molar-refractivity contribution in [3.63, 3.8) is 0 Å². The zero-order chi connectivity index (χ0) is 29.4. The van der Waals surface area contributed by atoms with E-state index in [0.29, 0.717) is 18.3 Å². The van der Waals surface area contributed by atoms with Gasteiger partial charge in [-0.2, -0.15) is 0 Å². The number of carboxylic acids is 1. The number of rotatable bonds is 6. The zero-order valence-corrected chi connectivity index (χ0v) is 27.0. The van der Waals surface area contributed by atoms with Crippen molar-refractivity contribution in [2.75, 3.05) is 0 Å². The van der Waals surface area contributed by atoms with Gasteiger partial charge in [0.25, 0.3) is 0 Å². The molecule has 5 aliphatic carbocycles. The lowest BCUT2D eigenvalue weighted by Crippen LogP contribution is -2.65. The molecular weight excluding hydrogens is 496 g/mol. The molecule has 0 spiro atoms. The van der Waals surface area contributed by atoms with E-state index in [1.807, 2.05) is 0 Å². The first kappa shape index (κ1) is 30.1. The van der Waals surface area contributed by atoms with Crippen molar-refractivity contribution in [3.05, 3.63) is 11.6 Å². The largest absolute Gasteiger partial charge is 0.481 e. The number of carboxylic acid groups (broad SMARTS) is 1. The molecule has 40 heavy (non-hydrogen) atoms. The van der Waals surface area contributed by atoms with Gasteiger partial charge in [-0.15, -0.1) is 0 Å². The van der Waals surface area contributed by atoms with E-state index in [1.54, 1.807) is 0 Å². The number of esters is 1. The highest BCUT2D eigenvalue weighted by molar-refractivity contribution is 5.76. The Kier molecular flexibility index (Phi) is 7.44. The number of aliphatic carboxylic acids is 1. The zero-order valence-electron chi connectivity index (χ0n) is 27.0. The Bertz CT molecular complexity index is 1060. The van der Waals surface area contributed by atoms with E-state index in [2.05, 4.69) is 61.5 Å². The van der Waals surface area contributed by atoms with Gasteiger partial charge in [-0.25, -0.2) is 0 Å². The van der Waals surface area contributed by atoms with Gasteiger partial charge in [-0.05, 0) is 110 Å². The number of carbonyl (C=O) groups excluding carboxylic acids is 1. The van der Waals surface area contributed by atoms with Crippen LogP contribution in [0.5, 0.6) is 0 Å². The summed E-state index contributed by atoms with van der Waals surface area (Å²) in [7, 11) is 0. The molecule has 5 aliphatic rings. The van der Waals surface area contributed by atoms with E-state index in [9.17, 15) is 14.7 Å². The number of hydrogen-bond acceptors (Lipinski definition) is 3. The third-order valence-corrected chi connectivity index (χ3v) is 14.3. The van der Waals surface area contributed by atoms with E-state index >= 15 is 0 Å². The third kappa shape index (κ3) is 4.26. The smallest absolute Gasteiger partial charge is 0.310 e. The Balaban J connectivity index is 1.45. The number of unbranched alkanes of at least 4 members (excludes halogenated alkanes) is 2. The lowest BCUT2D eigenvalue weighted by molar-refractivity contribution is -0.214. The van der Waals surface area contributed by atoms with Gasteiger partial charge >= 0.3 is 11.9 Å². The number of hydrogen-bond donors (Lipinski definition) is 1. The Morgan fingerprint density at radius 2 is 1.60 bits per heavy atom. The molecule has 1 unspecified atom stereocenters. The average Bonchev–Trinajstić information content (AvgIpc) is 2.86. The molecule has 1 N–H and O–H groups in total. The summed E-state index contributed by atoms with van der Waals surface area (Å²) in [5.74, 6) is 0.697. The van der Waals surface area contributed by atoms with Crippen LogP contribution < -0.4 is 0 Å². The first-order valence-corrected chi connectivity index (χ1v) is 16.7. The fourth-order valence-electron chi connectivity index (χ4n) is 11.6. The van der Waals surface area contributed by atoms with Crippen LogP contribution in [0, 0.1) is 50.2 Å². The number of allylic oxidation sites excluding steroid dienone is 2. The van der Waals surface area contributed by atoms with Crippen LogP contribution in [-0.4, -0.2) is 23.1 Å². The topological polar surface area (TPSA) is 63.6 Å². The molecule has 0 radical (unpaired) electrons. The Hall–Kier alpha value is -1.32. The summed E-state index contributed by atoms with van der Waals surface area (Å²) in [4.78, 5) is 25.6. The molecule has 4 nitrogen and oxygen atoms in total. The molecule has 0 amide bonds. The second-order valence-electron chi connectivity index (χ2n) is 17.0. The molecule has 0 aromatic heterocycles. The summed E-state index contributed by atoms with van der Waals surface area (Å²) in [5.41, 5.74) is 1.48. The predicted octanol–water partition coefficient (Wildman–Crippen LogP) is 9.36. The maximum Gasteiger partial charge on any atom is 0.310 e. The minimum absolute atomic E-state index is 0.00433. The van der Waals surface area contributed by atoms with Gasteiger partial charge in [0, 0.05) is 11.8 Å². The van der Waals surface area contributed by atoms with Crippen molar-refractivity contribution in [1.82, 2.24) is 0 Å². The lowest BCUT2D eigenvalue weighted by atomic mass is 9.33. The van der Waals surface area contributed by atoms with Gasteiger partial charge in [0.1, 0.15) is 6.10 Å². The maximum absolute atomic E-state index is 12.9. The molecule has 0 aliphatic heterocycles. The maximum atomic E-state index is 12.9.